The number of carbonyl (C=O) groups excluding carboxylic acids is 1. The van der Waals surface area contributed by atoms with Crippen LogP contribution in [-0.4, -0.2) is 48.1 Å². The first-order valence-corrected chi connectivity index (χ1v) is 10.9. The van der Waals surface area contributed by atoms with Gasteiger partial charge in [0.1, 0.15) is 0 Å². The molecule has 4 aliphatic carbocycles. The van der Waals surface area contributed by atoms with E-state index < -0.39 is 5.97 Å². The first kappa shape index (κ1) is 18.3. The summed E-state index contributed by atoms with van der Waals surface area (Å²) in [7, 11) is 0. The largest absolute Gasteiger partial charge is 0.478 e. The molecule has 0 aromatic heterocycles. The Balaban J connectivity index is 1.30. The molecule has 1 aliphatic heterocycles. The van der Waals surface area contributed by atoms with Crippen LogP contribution in [0, 0.1) is 23.2 Å². The van der Waals surface area contributed by atoms with Crippen molar-refractivity contribution in [2.75, 3.05) is 31.1 Å². The molecule has 1 saturated heterocycles. The van der Waals surface area contributed by atoms with Crippen molar-refractivity contribution in [3.8, 4) is 0 Å². The van der Waals surface area contributed by atoms with Crippen molar-refractivity contribution in [3.05, 3.63) is 28.8 Å². The lowest BCUT2D eigenvalue weighted by Gasteiger charge is -2.57. The normalized spacial score (nSPS) is 34.0. The molecule has 4 saturated carbocycles. The van der Waals surface area contributed by atoms with Gasteiger partial charge >= 0.3 is 5.97 Å². The number of carboxylic acids is 1. The fourth-order valence-corrected chi connectivity index (χ4v) is 6.97. The van der Waals surface area contributed by atoms with E-state index in [1.807, 2.05) is 0 Å². The number of amides is 1. The molecule has 5 nitrogen and oxygen atoms in total. The maximum atomic E-state index is 13.5. The van der Waals surface area contributed by atoms with E-state index in [-0.39, 0.29) is 11.0 Å². The number of hydrogen-bond donors (Lipinski definition) is 1. The summed E-state index contributed by atoms with van der Waals surface area (Å²) >= 11 is 6.11. The van der Waals surface area contributed by atoms with Crippen LogP contribution in [0.4, 0.5) is 5.69 Å². The van der Waals surface area contributed by atoms with E-state index in [1.54, 1.807) is 18.2 Å². The summed E-state index contributed by atoms with van der Waals surface area (Å²) in [6.45, 7) is 2.62. The van der Waals surface area contributed by atoms with Crippen molar-refractivity contribution < 1.29 is 14.7 Å². The number of hydrogen-bond acceptors (Lipinski definition) is 3. The van der Waals surface area contributed by atoms with Gasteiger partial charge in [-0.1, -0.05) is 11.6 Å². The predicted molar refractivity (Wildman–Crippen MR) is 108 cm³/mol. The van der Waals surface area contributed by atoms with E-state index in [0.29, 0.717) is 42.8 Å². The zero-order valence-corrected chi connectivity index (χ0v) is 16.8. The molecule has 28 heavy (non-hydrogen) atoms. The lowest BCUT2D eigenvalue weighted by atomic mass is 9.49. The van der Waals surface area contributed by atoms with Crippen molar-refractivity contribution >= 4 is 29.2 Å². The molecular formula is C22H27ClN2O3. The van der Waals surface area contributed by atoms with Gasteiger partial charge in [0.05, 0.1) is 16.7 Å². The Morgan fingerprint density at radius 2 is 1.54 bits per heavy atom. The molecule has 6 rings (SSSR count). The van der Waals surface area contributed by atoms with Crippen LogP contribution in [0.25, 0.3) is 0 Å². The Morgan fingerprint density at radius 1 is 0.964 bits per heavy atom. The Bertz CT molecular complexity index is 781. The number of rotatable bonds is 3. The summed E-state index contributed by atoms with van der Waals surface area (Å²) in [5, 5.41) is 10.0. The number of carboxylic acid groups (broad SMARTS) is 1. The molecule has 0 atom stereocenters. The van der Waals surface area contributed by atoms with Crippen LogP contribution in [0.15, 0.2) is 18.2 Å². The molecule has 1 N–H and O–H groups in total. The standard InChI is InChI=1S/C22H27ClN2O3/c23-17-1-2-18(20(26)27)19(10-17)24-3-5-25(6-4-24)21(28)22-11-14-7-15(12-22)9-16(8-14)13-22/h1-2,10,14-16H,3-9,11-13H2,(H,26,27). The molecule has 0 unspecified atom stereocenters. The van der Waals surface area contributed by atoms with Gasteiger partial charge in [-0.3, -0.25) is 4.79 Å². The van der Waals surface area contributed by atoms with Crippen LogP contribution in [0.1, 0.15) is 48.9 Å². The maximum absolute atomic E-state index is 13.5. The fraction of sp³-hybridized carbons (Fsp3) is 0.636. The van der Waals surface area contributed by atoms with E-state index in [2.05, 4.69) is 9.80 Å². The van der Waals surface area contributed by atoms with Gasteiger partial charge in [-0.05, 0) is 74.5 Å². The SMILES string of the molecule is O=C(O)c1ccc(Cl)cc1N1CCN(C(=O)C23CC4CC(CC(C4)C2)C3)CC1. The molecule has 1 heterocycles. The molecule has 0 radical (unpaired) electrons. The highest BCUT2D eigenvalue weighted by Crippen LogP contribution is 2.60. The Labute approximate surface area is 170 Å². The van der Waals surface area contributed by atoms with Crippen LogP contribution in [0.5, 0.6) is 0 Å². The average Bonchev–Trinajstić information content (AvgIpc) is 2.66. The topological polar surface area (TPSA) is 60.9 Å². The van der Waals surface area contributed by atoms with Crippen molar-refractivity contribution in [2.45, 2.75) is 38.5 Å². The minimum absolute atomic E-state index is 0.0980. The second-order valence-corrected chi connectivity index (χ2v) is 9.88. The highest BCUT2D eigenvalue weighted by Gasteiger charge is 2.55. The first-order valence-electron chi connectivity index (χ1n) is 10.5. The summed E-state index contributed by atoms with van der Waals surface area (Å²) in [6, 6.07) is 4.90. The zero-order chi connectivity index (χ0) is 19.5. The molecule has 5 aliphatic rings. The fourth-order valence-electron chi connectivity index (χ4n) is 6.81. The summed E-state index contributed by atoms with van der Waals surface area (Å²) in [5.74, 6) is 1.72. The number of nitrogens with zero attached hydrogens (tertiary/aromatic N) is 2. The van der Waals surface area contributed by atoms with Crippen LogP contribution in [0.3, 0.4) is 0 Å². The van der Waals surface area contributed by atoms with E-state index in [9.17, 15) is 14.7 Å². The van der Waals surface area contributed by atoms with E-state index in [1.165, 1.54) is 19.3 Å². The smallest absolute Gasteiger partial charge is 0.337 e. The molecule has 5 fully saturated rings. The summed E-state index contributed by atoms with van der Waals surface area (Å²) < 4.78 is 0. The molecule has 4 bridgehead atoms. The number of piperazine rings is 1. The number of benzene rings is 1. The number of anilines is 1. The molecular weight excluding hydrogens is 376 g/mol. The number of aromatic carboxylic acids is 1. The molecule has 1 aromatic rings. The van der Waals surface area contributed by atoms with Crippen LogP contribution in [-0.2, 0) is 4.79 Å². The summed E-state index contributed by atoms with van der Waals surface area (Å²) in [4.78, 5) is 29.2. The van der Waals surface area contributed by atoms with Gasteiger partial charge in [0.2, 0.25) is 5.91 Å². The number of halogens is 1. The minimum atomic E-state index is -0.946. The van der Waals surface area contributed by atoms with Gasteiger partial charge in [0.15, 0.2) is 0 Å². The van der Waals surface area contributed by atoms with Gasteiger partial charge in [-0.2, -0.15) is 0 Å². The van der Waals surface area contributed by atoms with Gasteiger partial charge in [-0.15, -0.1) is 0 Å². The Hall–Kier alpha value is -1.75. The van der Waals surface area contributed by atoms with Gasteiger partial charge < -0.3 is 14.9 Å². The van der Waals surface area contributed by atoms with Crippen molar-refractivity contribution in [3.63, 3.8) is 0 Å². The van der Waals surface area contributed by atoms with Gasteiger partial charge in [0, 0.05) is 31.2 Å². The van der Waals surface area contributed by atoms with Crippen molar-refractivity contribution in [1.82, 2.24) is 4.90 Å². The lowest BCUT2D eigenvalue weighted by molar-refractivity contribution is -0.158. The van der Waals surface area contributed by atoms with Crippen LogP contribution >= 0.6 is 11.6 Å². The highest BCUT2D eigenvalue weighted by molar-refractivity contribution is 6.31. The van der Waals surface area contributed by atoms with E-state index >= 15 is 0 Å². The van der Waals surface area contributed by atoms with E-state index in [0.717, 1.165) is 37.0 Å². The van der Waals surface area contributed by atoms with Crippen molar-refractivity contribution in [1.29, 1.82) is 0 Å². The van der Waals surface area contributed by atoms with Crippen molar-refractivity contribution in [2.24, 2.45) is 23.2 Å². The average molecular weight is 403 g/mol. The van der Waals surface area contributed by atoms with E-state index in [4.69, 9.17) is 11.6 Å². The number of carbonyl (C=O) groups is 2. The van der Waals surface area contributed by atoms with Gasteiger partial charge in [-0.25, -0.2) is 4.79 Å². The summed E-state index contributed by atoms with van der Waals surface area (Å²) in [6.07, 6.45) is 7.30. The summed E-state index contributed by atoms with van der Waals surface area (Å²) in [5.41, 5.74) is 0.825. The molecule has 1 amide bonds. The Kier molecular flexibility index (Phi) is 4.34. The second-order valence-electron chi connectivity index (χ2n) is 9.44. The third kappa shape index (κ3) is 2.99. The third-order valence-corrected chi connectivity index (χ3v) is 7.82. The monoisotopic (exact) mass is 402 g/mol. The highest BCUT2D eigenvalue weighted by atomic mass is 35.5. The Morgan fingerprint density at radius 3 is 2.07 bits per heavy atom. The maximum Gasteiger partial charge on any atom is 0.337 e. The zero-order valence-electron chi connectivity index (χ0n) is 16.1. The van der Waals surface area contributed by atoms with Gasteiger partial charge in [0.25, 0.3) is 0 Å². The lowest BCUT2D eigenvalue weighted by Crippen LogP contribution is -2.58. The third-order valence-electron chi connectivity index (χ3n) is 7.59. The molecule has 6 heteroatoms. The molecule has 1 aromatic carbocycles. The quantitative estimate of drug-likeness (QED) is 0.832. The predicted octanol–water partition coefficient (Wildman–Crippen LogP) is 3.90. The minimum Gasteiger partial charge on any atom is -0.478 e. The van der Waals surface area contributed by atoms with Crippen LogP contribution in [0.2, 0.25) is 5.02 Å². The van der Waals surface area contributed by atoms with Crippen LogP contribution < -0.4 is 4.90 Å². The molecule has 0 spiro atoms. The molecule has 150 valence electrons. The first-order chi connectivity index (χ1) is 13.4. The second kappa shape index (κ2) is 6.65.